The van der Waals surface area contributed by atoms with Crippen LogP contribution in [0.3, 0.4) is 0 Å². The highest BCUT2D eigenvalue weighted by Crippen LogP contribution is 2.21. The van der Waals surface area contributed by atoms with E-state index in [1.807, 2.05) is 0 Å². The van der Waals surface area contributed by atoms with Crippen molar-refractivity contribution in [3.8, 4) is 0 Å². The molecule has 0 unspecified atom stereocenters. The zero-order valence-electron chi connectivity index (χ0n) is 10.1. The molecule has 2 rings (SSSR count). The summed E-state index contributed by atoms with van der Waals surface area (Å²) in [6, 6.07) is 3.38. The Morgan fingerprint density at radius 2 is 2.12 bits per heavy atom. The first-order valence-electron chi connectivity index (χ1n) is 6.08. The third kappa shape index (κ3) is 3.33. The van der Waals surface area contributed by atoms with E-state index in [2.05, 4.69) is 0 Å². The number of furan rings is 1. The lowest BCUT2D eigenvalue weighted by molar-refractivity contribution is 0.0172. The molecular formula is C13H18O4. The Bertz CT molecular complexity index is 363. The summed E-state index contributed by atoms with van der Waals surface area (Å²) in [5.74, 6) is 0.546. The zero-order chi connectivity index (χ0) is 12.1. The van der Waals surface area contributed by atoms with Gasteiger partial charge in [0, 0.05) is 7.11 Å². The van der Waals surface area contributed by atoms with Gasteiger partial charge in [0.05, 0.1) is 0 Å². The second kappa shape index (κ2) is 5.87. The maximum absolute atomic E-state index is 11.8. The number of methoxy groups -OCH3 is 1. The molecule has 1 aromatic heterocycles. The highest BCUT2D eigenvalue weighted by Gasteiger charge is 2.20. The molecule has 1 fully saturated rings. The summed E-state index contributed by atoms with van der Waals surface area (Å²) in [4.78, 5) is 11.8. The minimum Gasteiger partial charge on any atom is -0.457 e. The van der Waals surface area contributed by atoms with Crippen molar-refractivity contribution < 1.29 is 18.7 Å². The minimum atomic E-state index is -0.362. The van der Waals surface area contributed by atoms with Crippen molar-refractivity contribution in [2.75, 3.05) is 7.11 Å². The number of hydrogen-bond acceptors (Lipinski definition) is 4. The minimum absolute atomic E-state index is 0.0622. The Morgan fingerprint density at radius 3 is 2.82 bits per heavy atom. The Hall–Kier alpha value is -1.29. The van der Waals surface area contributed by atoms with E-state index in [1.165, 1.54) is 6.42 Å². The maximum atomic E-state index is 11.8. The fourth-order valence-electron chi connectivity index (χ4n) is 2.10. The number of carbonyl (C=O) groups is 1. The largest absolute Gasteiger partial charge is 0.457 e. The SMILES string of the molecule is COCc1ccc(C(=O)OC2CCCCC2)o1. The first kappa shape index (κ1) is 12.2. The van der Waals surface area contributed by atoms with Gasteiger partial charge in [-0.15, -0.1) is 0 Å². The summed E-state index contributed by atoms with van der Waals surface area (Å²) in [6.45, 7) is 0.372. The van der Waals surface area contributed by atoms with Crippen LogP contribution < -0.4 is 0 Å². The molecule has 1 saturated carbocycles. The average Bonchev–Trinajstić information content (AvgIpc) is 2.79. The normalized spacial score (nSPS) is 17.0. The van der Waals surface area contributed by atoms with Crippen LogP contribution in [0.5, 0.6) is 0 Å². The van der Waals surface area contributed by atoms with Crippen LogP contribution >= 0.6 is 0 Å². The summed E-state index contributed by atoms with van der Waals surface area (Å²) in [6.07, 6.45) is 5.53. The predicted octanol–water partition coefficient (Wildman–Crippen LogP) is 2.92. The lowest BCUT2D eigenvalue weighted by Gasteiger charge is -2.21. The molecule has 0 amide bonds. The molecule has 0 radical (unpaired) electrons. The highest BCUT2D eigenvalue weighted by atomic mass is 16.6. The van der Waals surface area contributed by atoms with Crippen LogP contribution in [0, 0.1) is 0 Å². The first-order chi connectivity index (χ1) is 8.29. The molecule has 94 valence electrons. The van der Waals surface area contributed by atoms with E-state index in [9.17, 15) is 4.79 Å². The van der Waals surface area contributed by atoms with Gasteiger partial charge in [-0.25, -0.2) is 4.79 Å². The molecule has 0 spiro atoms. The van der Waals surface area contributed by atoms with Crippen LogP contribution in [-0.2, 0) is 16.1 Å². The van der Waals surface area contributed by atoms with E-state index in [0.29, 0.717) is 12.4 Å². The van der Waals surface area contributed by atoms with Crippen molar-refractivity contribution >= 4 is 5.97 Å². The van der Waals surface area contributed by atoms with E-state index >= 15 is 0 Å². The summed E-state index contributed by atoms with van der Waals surface area (Å²) in [5.41, 5.74) is 0. The third-order valence-electron chi connectivity index (χ3n) is 2.98. The van der Waals surface area contributed by atoms with Gasteiger partial charge < -0.3 is 13.9 Å². The van der Waals surface area contributed by atoms with Crippen molar-refractivity contribution in [1.29, 1.82) is 0 Å². The van der Waals surface area contributed by atoms with Gasteiger partial charge in [-0.2, -0.15) is 0 Å². The monoisotopic (exact) mass is 238 g/mol. The fraction of sp³-hybridized carbons (Fsp3) is 0.615. The van der Waals surface area contributed by atoms with Crippen molar-refractivity contribution in [1.82, 2.24) is 0 Å². The molecule has 0 bridgehead atoms. The topological polar surface area (TPSA) is 48.7 Å². The second-order valence-electron chi connectivity index (χ2n) is 4.36. The Kier molecular flexibility index (Phi) is 4.20. The zero-order valence-corrected chi connectivity index (χ0v) is 10.1. The lowest BCUT2D eigenvalue weighted by Crippen LogP contribution is -2.20. The van der Waals surface area contributed by atoms with Crippen LogP contribution in [0.4, 0.5) is 0 Å². The summed E-state index contributed by atoms with van der Waals surface area (Å²) in [7, 11) is 1.59. The van der Waals surface area contributed by atoms with Crippen LogP contribution in [0.15, 0.2) is 16.5 Å². The van der Waals surface area contributed by atoms with Crippen molar-refractivity contribution in [2.45, 2.75) is 44.8 Å². The van der Waals surface area contributed by atoms with E-state index < -0.39 is 0 Å². The van der Waals surface area contributed by atoms with Gasteiger partial charge >= 0.3 is 5.97 Å². The fourth-order valence-corrected chi connectivity index (χ4v) is 2.10. The summed E-state index contributed by atoms with van der Waals surface area (Å²) < 4.78 is 15.6. The molecule has 17 heavy (non-hydrogen) atoms. The number of carbonyl (C=O) groups excluding carboxylic acids is 1. The van der Waals surface area contributed by atoms with Gasteiger partial charge in [0.25, 0.3) is 0 Å². The van der Waals surface area contributed by atoms with Crippen LogP contribution in [0.2, 0.25) is 0 Å². The highest BCUT2D eigenvalue weighted by molar-refractivity contribution is 5.86. The summed E-state index contributed by atoms with van der Waals surface area (Å²) >= 11 is 0. The Morgan fingerprint density at radius 1 is 1.35 bits per heavy atom. The van der Waals surface area contributed by atoms with Crippen LogP contribution in [0.25, 0.3) is 0 Å². The standard InChI is InChI=1S/C13H18O4/c1-15-9-11-7-8-12(16-11)13(14)17-10-5-3-2-4-6-10/h7-8,10H,2-6,9H2,1H3. The molecule has 1 heterocycles. The average molecular weight is 238 g/mol. The van der Waals surface area contributed by atoms with Crippen molar-refractivity contribution in [2.24, 2.45) is 0 Å². The molecule has 0 N–H and O–H groups in total. The maximum Gasteiger partial charge on any atom is 0.374 e. The molecule has 1 aliphatic rings. The quantitative estimate of drug-likeness (QED) is 0.757. The Labute approximate surface area is 101 Å². The van der Waals surface area contributed by atoms with Gasteiger partial charge in [0.15, 0.2) is 0 Å². The van der Waals surface area contributed by atoms with E-state index in [1.54, 1.807) is 19.2 Å². The van der Waals surface area contributed by atoms with Gasteiger partial charge in [0.1, 0.15) is 18.5 Å². The molecule has 1 aromatic rings. The van der Waals surface area contributed by atoms with E-state index in [-0.39, 0.29) is 17.8 Å². The smallest absolute Gasteiger partial charge is 0.374 e. The van der Waals surface area contributed by atoms with E-state index in [4.69, 9.17) is 13.9 Å². The first-order valence-corrected chi connectivity index (χ1v) is 6.08. The van der Waals surface area contributed by atoms with Crippen molar-refractivity contribution in [3.05, 3.63) is 23.7 Å². The number of rotatable bonds is 4. The van der Waals surface area contributed by atoms with Crippen LogP contribution in [0.1, 0.15) is 48.4 Å². The van der Waals surface area contributed by atoms with Gasteiger partial charge in [0.2, 0.25) is 5.76 Å². The molecule has 0 aromatic carbocycles. The molecule has 0 saturated heterocycles. The lowest BCUT2D eigenvalue weighted by atomic mass is 9.98. The molecular weight excluding hydrogens is 220 g/mol. The molecule has 0 atom stereocenters. The van der Waals surface area contributed by atoms with Crippen molar-refractivity contribution in [3.63, 3.8) is 0 Å². The second-order valence-corrected chi connectivity index (χ2v) is 4.36. The third-order valence-corrected chi connectivity index (χ3v) is 2.98. The van der Waals surface area contributed by atoms with Gasteiger partial charge in [-0.1, -0.05) is 6.42 Å². The number of ether oxygens (including phenoxy) is 2. The number of hydrogen-bond donors (Lipinski definition) is 0. The summed E-state index contributed by atoms with van der Waals surface area (Å²) in [5, 5.41) is 0. The molecule has 1 aliphatic carbocycles. The van der Waals surface area contributed by atoms with Gasteiger partial charge in [-0.3, -0.25) is 0 Å². The number of esters is 1. The molecule has 4 heteroatoms. The predicted molar refractivity (Wildman–Crippen MR) is 61.7 cm³/mol. The molecule has 4 nitrogen and oxygen atoms in total. The molecule has 0 aliphatic heterocycles. The van der Waals surface area contributed by atoms with E-state index in [0.717, 1.165) is 25.7 Å². The van der Waals surface area contributed by atoms with Gasteiger partial charge in [-0.05, 0) is 37.8 Å². The Balaban J connectivity index is 1.89. The van der Waals surface area contributed by atoms with Crippen LogP contribution in [-0.4, -0.2) is 19.2 Å².